The van der Waals surface area contributed by atoms with E-state index in [1.165, 1.54) is 0 Å². The Morgan fingerprint density at radius 3 is 3.00 bits per heavy atom. The van der Waals surface area contributed by atoms with Crippen LogP contribution in [0.4, 0.5) is 0 Å². The number of carboxylic acid groups (broad SMARTS) is 1. The van der Waals surface area contributed by atoms with Gasteiger partial charge in [0.05, 0.1) is 11.7 Å². The topological polar surface area (TPSA) is 68.0 Å². The highest BCUT2D eigenvalue weighted by Crippen LogP contribution is 2.16. The molecular formula is C13H17N3O2. The van der Waals surface area contributed by atoms with Crippen LogP contribution in [0, 0.1) is 0 Å². The molecule has 96 valence electrons. The van der Waals surface area contributed by atoms with Gasteiger partial charge in [-0.3, -0.25) is 9.78 Å². The molecular weight excluding hydrogens is 230 g/mol. The zero-order valence-corrected chi connectivity index (χ0v) is 10.5. The van der Waals surface area contributed by atoms with Gasteiger partial charge in [0, 0.05) is 25.6 Å². The third kappa shape index (κ3) is 2.67. The highest BCUT2D eigenvalue weighted by atomic mass is 16.4. The van der Waals surface area contributed by atoms with Gasteiger partial charge in [-0.15, -0.1) is 0 Å². The van der Waals surface area contributed by atoms with Gasteiger partial charge in [-0.05, 0) is 25.8 Å². The fourth-order valence-electron chi connectivity index (χ4n) is 2.13. The first kappa shape index (κ1) is 12.5. The quantitative estimate of drug-likeness (QED) is 0.795. The lowest BCUT2D eigenvalue weighted by Crippen LogP contribution is -2.02. The number of hydrogen-bond donors (Lipinski definition) is 1. The van der Waals surface area contributed by atoms with E-state index in [0.717, 1.165) is 36.2 Å². The minimum absolute atomic E-state index is 0.230. The van der Waals surface area contributed by atoms with Gasteiger partial charge in [0.15, 0.2) is 0 Å². The molecule has 0 aliphatic heterocycles. The van der Waals surface area contributed by atoms with Crippen LogP contribution in [0.3, 0.4) is 0 Å². The molecule has 0 bridgehead atoms. The normalized spacial score (nSPS) is 10.9. The first-order valence-corrected chi connectivity index (χ1v) is 6.23. The van der Waals surface area contributed by atoms with E-state index in [4.69, 9.17) is 5.11 Å². The maximum atomic E-state index is 10.4. The van der Waals surface area contributed by atoms with Gasteiger partial charge >= 0.3 is 5.97 Å². The molecule has 2 heterocycles. The summed E-state index contributed by atoms with van der Waals surface area (Å²) >= 11 is 0. The van der Waals surface area contributed by atoms with E-state index in [1.54, 1.807) is 12.4 Å². The lowest BCUT2D eigenvalue weighted by molar-refractivity contribution is -0.137. The zero-order valence-electron chi connectivity index (χ0n) is 10.5. The number of unbranched alkanes of at least 4 members (excludes halogenated alkanes) is 1. The highest BCUT2D eigenvalue weighted by Gasteiger charge is 2.09. The average molecular weight is 247 g/mol. The SMILES string of the molecule is CCn1c(CCCCC(=O)O)nc2cnccc21. The Morgan fingerprint density at radius 2 is 2.28 bits per heavy atom. The van der Waals surface area contributed by atoms with Crippen molar-refractivity contribution in [2.24, 2.45) is 0 Å². The Bertz CT molecular complexity index is 548. The van der Waals surface area contributed by atoms with Crippen molar-refractivity contribution in [3.05, 3.63) is 24.3 Å². The lowest BCUT2D eigenvalue weighted by Gasteiger charge is -2.05. The number of rotatable bonds is 6. The van der Waals surface area contributed by atoms with E-state index in [2.05, 4.69) is 21.5 Å². The number of carbonyl (C=O) groups is 1. The Morgan fingerprint density at radius 1 is 1.44 bits per heavy atom. The summed E-state index contributed by atoms with van der Waals surface area (Å²) in [5.74, 6) is 0.286. The number of carboxylic acids is 1. The van der Waals surface area contributed by atoms with Crippen molar-refractivity contribution in [3.63, 3.8) is 0 Å². The van der Waals surface area contributed by atoms with Gasteiger partial charge in [0.25, 0.3) is 0 Å². The minimum Gasteiger partial charge on any atom is -0.481 e. The number of pyridine rings is 1. The van der Waals surface area contributed by atoms with Gasteiger partial charge in [-0.1, -0.05) is 0 Å². The molecule has 0 spiro atoms. The van der Waals surface area contributed by atoms with E-state index in [-0.39, 0.29) is 6.42 Å². The van der Waals surface area contributed by atoms with Crippen molar-refractivity contribution in [1.82, 2.24) is 14.5 Å². The molecule has 5 nitrogen and oxygen atoms in total. The maximum absolute atomic E-state index is 10.4. The van der Waals surface area contributed by atoms with Crippen LogP contribution in [-0.4, -0.2) is 25.6 Å². The monoisotopic (exact) mass is 247 g/mol. The largest absolute Gasteiger partial charge is 0.481 e. The van der Waals surface area contributed by atoms with Gasteiger partial charge in [-0.2, -0.15) is 0 Å². The van der Waals surface area contributed by atoms with Crippen LogP contribution in [0.1, 0.15) is 32.0 Å². The predicted molar refractivity (Wildman–Crippen MR) is 68.4 cm³/mol. The highest BCUT2D eigenvalue weighted by molar-refractivity contribution is 5.74. The number of fused-ring (bicyclic) bond motifs is 1. The molecule has 5 heteroatoms. The maximum Gasteiger partial charge on any atom is 0.303 e. The summed E-state index contributed by atoms with van der Waals surface area (Å²) in [6.07, 6.45) is 6.12. The molecule has 1 N–H and O–H groups in total. The molecule has 0 aromatic carbocycles. The van der Waals surface area contributed by atoms with Gasteiger partial charge in [0.1, 0.15) is 11.3 Å². The Labute approximate surface area is 105 Å². The van der Waals surface area contributed by atoms with Gasteiger partial charge in [0.2, 0.25) is 0 Å². The zero-order chi connectivity index (χ0) is 13.0. The third-order valence-corrected chi connectivity index (χ3v) is 2.99. The number of hydrogen-bond acceptors (Lipinski definition) is 3. The first-order chi connectivity index (χ1) is 8.72. The van der Waals surface area contributed by atoms with Crippen LogP contribution in [0.15, 0.2) is 18.5 Å². The van der Waals surface area contributed by atoms with Crippen molar-refractivity contribution < 1.29 is 9.90 Å². The molecule has 2 rings (SSSR count). The van der Waals surface area contributed by atoms with E-state index >= 15 is 0 Å². The van der Waals surface area contributed by atoms with E-state index in [0.29, 0.717) is 6.42 Å². The van der Waals surface area contributed by atoms with Gasteiger partial charge < -0.3 is 9.67 Å². The summed E-state index contributed by atoms with van der Waals surface area (Å²) in [6.45, 7) is 2.96. The molecule has 2 aromatic rings. The van der Waals surface area contributed by atoms with Crippen molar-refractivity contribution in [2.45, 2.75) is 39.2 Å². The average Bonchev–Trinajstić information content (AvgIpc) is 2.71. The Hall–Kier alpha value is -1.91. The van der Waals surface area contributed by atoms with E-state index < -0.39 is 5.97 Å². The summed E-state index contributed by atoms with van der Waals surface area (Å²) in [5, 5.41) is 8.60. The van der Waals surface area contributed by atoms with Crippen molar-refractivity contribution in [3.8, 4) is 0 Å². The fourth-order valence-corrected chi connectivity index (χ4v) is 2.13. The molecule has 0 unspecified atom stereocenters. The number of nitrogens with zero attached hydrogens (tertiary/aromatic N) is 3. The second-order valence-electron chi connectivity index (χ2n) is 4.24. The van der Waals surface area contributed by atoms with Crippen LogP contribution < -0.4 is 0 Å². The number of imidazole rings is 1. The van der Waals surface area contributed by atoms with Crippen LogP contribution in [0.2, 0.25) is 0 Å². The van der Waals surface area contributed by atoms with Crippen molar-refractivity contribution in [2.75, 3.05) is 0 Å². The van der Waals surface area contributed by atoms with Crippen LogP contribution in [-0.2, 0) is 17.8 Å². The second-order valence-corrected chi connectivity index (χ2v) is 4.24. The van der Waals surface area contributed by atoms with E-state index in [1.807, 2.05) is 6.07 Å². The number of aliphatic carboxylic acids is 1. The molecule has 0 aliphatic carbocycles. The molecule has 2 aromatic heterocycles. The van der Waals surface area contributed by atoms with Crippen molar-refractivity contribution in [1.29, 1.82) is 0 Å². The molecule has 0 fully saturated rings. The summed E-state index contributed by atoms with van der Waals surface area (Å²) in [6, 6.07) is 1.96. The van der Waals surface area contributed by atoms with E-state index in [9.17, 15) is 4.79 Å². The molecule has 0 radical (unpaired) electrons. The summed E-state index contributed by atoms with van der Waals surface area (Å²) in [4.78, 5) is 19.1. The summed E-state index contributed by atoms with van der Waals surface area (Å²) < 4.78 is 2.16. The van der Waals surface area contributed by atoms with Crippen LogP contribution in [0.5, 0.6) is 0 Å². The number of aryl methyl sites for hydroxylation is 2. The molecule has 0 aliphatic rings. The van der Waals surface area contributed by atoms with Crippen LogP contribution in [0.25, 0.3) is 11.0 Å². The first-order valence-electron chi connectivity index (χ1n) is 6.23. The molecule has 0 saturated heterocycles. The smallest absolute Gasteiger partial charge is 0.303 e. The van der Waals surface area contributed by atoms with Crippen molar-refractivity contribution >= 4 is 17.0 Å². The number of aromatic nitrogens is 3. The second kappa shape index (κ2) is 5.62. The summed E-state index contributed by atoms with van der Waals surface area (Å²) in [5.41, 5.74) is 2.01. The summed E-state index contributed by atoms with van der Waals surface area (Å²) in [7, 11) is 0. The molecule has 0 saturated carbocycles. The van der Waals surface area contributed by atoms with Gasteiger partial charge in [-0.25, -0.2) is 4.98 Å². The third-order valence-electron chi connectivity index (χ3n) is 2.99. The standard InChI is InChI=1S/C13H17N3O2/c1-2-16-11-7-8-14-9-10(11)15-12(16)5-3-4-6-13(17)18/h7-9H,2-6H2,1H3,(H,17,18). The molecule has 18 heavy (non-hydrogen) atoms. The Balaban J connectivity index is 2.10. The lowest BCUT2D eigenvalue weighted by atomic mass is 10.2. The molecule has 0 amide bonds. The fraction of sp³-hybridized carbons (Fsp3) is 0.462. The van der Waals surface area contributed by atoms with Crippen LogP contribution >= 0.6 is 0 Å². The minimum atomic E-state index is -0.733. The Kier molecular flexibility index (Phi) is 3.92. The molecule has 0 atom stereocenters. The predicted octanol–water partition coefficient (Wildman–Crippen LogP) is 2.25.